The van der Waals surface area contributed by atoms with E-state index in [9.17, 15) is 4.79 Å². The number of ketones is 1. The first-order valence-electron chi connectivity index (χ1n) is 7.19. The van der Waals surface area contributed by atoms with Crippen molar-refractivity contribution in [1.82, 2.24) is 0 Å². The third-order valence-electron chi connectivity index (χ3n) is 3.33. The van der Waals surface area contributed by atoms with E-state index in [2.05, 4.69) is 0 Å². The topological polar surface area (TPSA) is 44.8 Å². The van der Waals surface area contributed by atoms with Gasteiger partial charge in [0.05, 0.1) is 24.9 Å². The Morgan fingerprint density at radius 3 is 2.90 bits per heavy atom. The quantitative estimate of drug-likeness (QED) is 0.568. The molecule has 0 radical (unpaired) electrons. The van der Waals surface area contributed by atoms with Gasteiger partial charge in [-0.25, -0.2) is 0 Å². The van der Waals surface area contributed by atoms with E-state index in [0.29, 0.717) is 31.1 Å². The Kier molecular flexibility index (Phi) is 6.02. The first kappa shape index (κ1) is 15.0. The van der Waals surface area contributed by atoms with Crippen LogP contribution in [0, 0.1) is 0 Å². The number of carbonyl (C=O) groups excluding carboxylic acids is 1. The lowest BCUT2D eigenvalue weighted by molar-refractivity contribution is -0.0444. The molecular formula is C16H22O4. The van der Waals surface area contributed by atoms with Gasteiger partial charge in [-0.2, -0.15) is 0 Å². The molecule has 4 nitrogen and oxygen atoms in total. The Balaban J connectivity index is 1.67. The lowest BCUT2D eigenvalue weighted by Gasteiger charge is -2.22. The Bertz CT molecular complexity index is 424. The summed E-state index contributed by atoms with van der Waals surface area (Å²) in [5.74, 6) is 0.634. The highest BCUT2D eigenvalue weighted by Gasteiger charge is 2.13. The molecule has 1 unspecified atom stereocenters. The molecule has 1 saturated heterocycles. The summed E-state index contributed by atoms with van der Waals surface area (Å²) in [6.45, 7) is 3.95. The van der Waals surface area contributed by atoms with Crippen molar-refractivity contribution in [3.05, 3.63) is 29.8 Å². The van der Waals surface area contributed by atoms with Crippen molar-refractivity contribution in [2.75, 3.05) is 26.4 Å². The van der Waals surface area contributed by atoms with Crippen molar-refractivity contribution >= 4 is 5.78 Å². The zero-order chi connectivity index (χ0) is 14.2. The van der Waals surface area contributed by atoms with Crippen molar-refractivity contribution in [3.63, 3.8) is 0 Å². The van der Waals surface area contributed by atoms with Crippen molar-refractivity contribution in [2.24, 2.45) is 0 Å². The van der Waals surface area contributed by atoms with Gasteiger partial charge in [0.2, 0.25) is 0 Å². The minimum absolute atomic E-state index is 0.0112. The smallest absolute Gasteiger partial charge is 0.163 e. The van der Waals surface area contributed by atoms with Crippen LogP contribution in [0.15, 0.2) is 24.3 Å². The van der Waals surface area contributed by atoms with E-state index in [1.807, 2.05) is 12.1 Å². The molecule has 4 heteroatoms. The maximum absolute atomic E-state index is 11.4. The molecule has 1 aromatic carbocycles. The van der Waals surface area contributed by atoms with Crippen LogP contribution in [0.1, 0.15) is 36.5 Å². The van der Waals surface area contributed by atoms with Gasteiger partial charge in [-0.1, -0.05) is 12.1 Å². The van der Waals surface area contributed by atoms with Gasteiger partial charge >= 0.3 is 0 Å². The zero-order valence-corrected chi connectivity index (χ0v) is 12.0. The molecule has 0 N–H and O–H groups in total. The molecular weight excluding hydrogens is 256 g/mol. The lowest BCUT2D eigenvalue weighted by Crippen LogP contribution is -2.25. The molecule has 0 aromatic heterocycles. The minimum atomic E-state index is 0.0112. The van der Waals surface area contributed by atoms with Crippen LogP contribution in [-0.2, 0) is 9.47 Å². The number of carbonyl (C=O) groups is 1. The second-order valence-corrected chi connectivity index (χ2v) is 4.96. The maximum Gasteiger partial charge on any atom is 0.163 e. The van der Waals surface area contributed by atoms with E-state index in [0.717, 1.165) is 19.4 Å². The molecule has 1 aliphatic rings. The number of hydrogen-bond acceptors (Lipinski definition) is 4. The fourth-order valence-corrected chi connectivity index (χ4v) is 2.25. The van der Waals surface area contributed by atoms with Gasteiger partial charge in [-0.15, -0.1) is 0 Å². The Labute approximate surface area is 120 Å². The van der Waals surface area contributed by atoms with Gasteiger partial charge in [0.25, 0.3) is 0 Å². The Morgan fingerprint density at radius 2 is 2.15 bits per heavy atom. The first-order chi connectivity index (χ1) is 9.77. The second-order valence-electron chi connectivity index (χ2n) is 4.96. The fraction of sp³-hybridized carbons (Fsp3) is 0.562. The van der Waals surface area contributed by atoms with Gasteiger partial charge in [0.15, 0.2) is 5.78 Å². The molecule has 20 heavy (non-hydrogen) atoms. The standard InChI is InChI=1S/C16H22O4/c1-13(17)15-7-2-3-8-16(15)20-11-10-18-12-14-6-4-5-9-19-14/h2-3,7-8,14H,4-6,9-12H2,1H3. The SMILES string of the molecule is CC(=O)c1ccccc1OCCOCC1CCCCO1. The highest BCUT2D eigenvalue weighted by atomic mass is 16.5. The number of hydrogen-bond donors (Lipinski definition) is 0. The van der Waals surface area contributed by atoms with Crippen LogP contribution in [0.3, 0.4) is 0 Å². The van der Waals surface area contributed by atoms with Crippen LogP contribution in [-0.4, -0.2) is 38.3 Å². The summed E-state index contributed by atoms with van der Waals surface area (Å²) in [6.07, 6.45) is 3.68. The van der Waals surface area contributed by atoms with Crippen molar-refractivity contribution in [3.8, 4) is 5.75 Å². The van der Waals surface area contributed by atoms with Crippen LogP contribution in [0.5, 0.6) is 5.75 Å². The van der Waals surface area contributed by atoms with Gasteiger partial charge < -0.3 is 14.2 Å². The van der Waals surface area contributed by atoms with Crippen LogP contribution >= 0.6 is 0 Å². The molecule has 0 aliphatic carbocycles. The van der Waals surface area contributed by atoms with Crippen LogP contribution in [0.25, 0.3) is 0 Å². The van der Waals surface area contributed by atoms with Crippen molar-refractivity contribution in [2.45, 2.75) is 32.3 Å². The minimum Gasteiger partial charge on any atom is -0.490 e. The normalized spacial score (nSPS) is 18.8. The monoisotopic (exact) mass is 278 g/mol. The molecule has 2 rings (SSSR count). The van der Waals surface area contributed by atoms with E-state index < -0.39 is 0 Å². The highest BCUT2D eigenvalue weighted by Crippen LogP contribution is 2.18. The molecule has 0 bridgehead atoms. The maximum atomic E-state index is 11.4. The molecule has 1 fully saturated rings. The van der Waals surface area contributed by atoms with E-state index in [4.69, 9.17) is 14.2 Å². The number of ether oxygens (including phenoxy) is 3. The van der Waals surface area contributed by atoms with E-state index >= 15 is 0 Å². The van der Waals surface area contributed by atoms with Crippen LogP contribution in [0.4, 0.5) is 0 Å². The molecule has 110 valence electrons. The Morgan fingerprint density at radius 1 is 1.30 bits per heavy atom. The summed E-state index contributed by atoms with van der Waals surface area (Å²) in [5, 5.41) is 0. The van der Waals surface area contributed by atoms with Crippen LogP contribution in [0.2, 0.25) is 0 Å². The molecule has 1 heterocycles. The average Bonchev–Trinajstić information content (AvgIpc) is 2.48. The molecule has 1 atom stereocenters. The summed E-state index contributed by atoms with van der Waals surface area (Å²) in [6, 6.07) is 7.27. The van der Waals surface area contributed by atoms with E-state index in [1.54, 1.807) is 19.1 Å². The predicted octanol–water partition coefficient (Wildman–Crippen LogP) is 2.85. The summed E-state index contributed by atoms with van der Waals surface area (Å²) in [7, 11) is 0. The summed E-state index contributed by atoms with van der Waals surface area (Å²) >= 11 is 0. The fourth-order valence-electron chi connectivity index (χ4n) is 2.25. The van der Waals surface area contributed by atoms with Gasteiger partial charge in [-0.05, 0) is 38.3 Å². The van der Waals surface area contributed by atoms with E-state index in [-0.39, 0.29) is 11.9 Å². The van der Waals surface area contributed by atoms with Gasteiger partial charge in [0.1, 0.15) is 12.4 Å². The molecule has 1 aliphatic heterocycles. The zero-order valence-electron chi connectivity index (χ0n) is 12.0. The molecule has 0 saturated carbocycles. The number of Topliss-reactive ketones (excluding diaryl/α,β-unsaturated/α-hetero) is 1. The lowest BCUT2D eigenvalue weighted by atomic mass is 10.1. The summed E-state index contributed by atoms with van der Waals surface area (Å²) < 4.78 is 16.7. The van der Waals surface area contributed by atoms with Crippen molar-refractivity contribution in [1.29, 1.82) is 0 Å². The number of rotatable bonds is 7. The van der Waals surface area contributed by atoms with Crippen molar-refractivity contribution < 1.29 is 19.0 Å². The Hall–Kier alpha value is -1.39. The molecule has 1 aromatic rings. The molecule has 0 amide bonds. The van der Waals surface area contributed by atoms with Crippen LogP contribution < -0.4 is 4.74 Å². The molecule has 0 spiro atoms. The van der Waals surface area contributed by atoms with Gasteiger partial charge in [0, 0.05) is 6.61 Å². The summed E-state index contributed by atoms with van der Waals surface area (Å²) in [5.41, 5.74) is 0.614. The first-order valence-corrected chi connectivity index (χ1v) is 7.19. The third kappa shape index (κ3) is 4.62. The highest BCUT2D eigenvalue weighted by molar-refractivity contribution is 5.96. The predicted molar refractivity (Wildman–Crippen MR) is 76.4 cm³/mol. The number of benzene rings is 1. The summed E-state index contributed by atoms with van der Waals surface area (Å²) in [4.78, 5) is 11.4. The van der Waals surface area contributed by atoms with E-state index in [1.165, 1.54) is 6.42 Å². The largest absolute Gasteiger partial charge is 0.490 e. The number of para-hydroxylation sites is 1. The van der Waals surface area contributed by atoms with Gasteiger partial charge in [-0.3, -0.25) is 4.79 Å². The second kappa shape index (κ2) is 8.02. The average molecular weight is 278 g/mol. The third-order valence-corrected chi connectivity index (χ3v) is 3.33.